The Kier molecular flexibility index (Phi) is 12.2. The Morgan fingerprint density at radius 2 is 1.78 bits per heavy atom. The highest BCUT2D eigenvalue weighted by molar-refractivity contribution is 7.91. The molecular formula is C40H51F4N5O9S. The van der Waals surface area contributed by atoms with E-state index in [1.54, 1.807) is 37.3 Å². The van der Waals surface area contributed by atoms with Crippen LogP contribution in [0.1, 0.15) is 79.1 Å². The molecule has 2 aromatic rings. The van der Waals surface area contributed by atoms with Gasteiger partial charge in [0.1, 0.15) is 46.5 Å². The number of alkyl halides is 4. The molecule has 0 radical (unpaired) electrons. The van der Waals surface area contributed by atoms with E-state index in [1.165, 1.54) is 18.2 Å². The molecule has 6 rings (SSSR count). The van der Waals surface area contributed by atoms with Crippen LogP contribution < -0.4 is 24.8 Å². The molecule has 0 bridgehead atoms. The minimum Gasteiger partial charge on any atom is -0.494 e. The number of pyridine rings is 1. The number of hydrogen-bond donors (Lipinski definition) is 3. The zero-order chi connectivity index (χ0) is 43.1. The van der Waals surface area contributed by atoms with Gasteiger partial charge in [0.15, 0.2) is 0 Å². The minimum atomic E-state index is -4.65. The van der Waals surface area contributed by atoms with E-state index < -0.39 is 99.0 Å². The summed E-state index contributed by atoms with van der Waals surface area (Å²) in [6, 6.07) is 4.40. The largest absolute Gasteiger partial charge is 0.494 e. The number of alkyl carbamates (subject to hydrolysis) is 1. The number of methoxy groups -OCH3 is 1. The van der Waals surface area contributed by atoms with Gasteiger partial charge in [0.2, 0.25) is 27.7 Å². The third-order valence-electron chi connectivity index (χ3n) is 11.8. The van der Waals surface area contributed by atoms with Crippen LogP contribution in [-0.2, 0) is 29.1 Å². The first-order valence-corrected chi connectivity index (χ1v) is 21.2. The number of amides is 4. The van der Waals surface area contributed by atoms with Crippen LogP contribution in [0.4, 0.5) is 22.4 Å². The lowest BCUT2D eigenvalue weighted by Crippen LogP contribution is -2.59. The van der Waals surface area contributed by atoms with E-state index in [1.807, 2.05) is 17.7 Å². The molecule has 7 atom stereocenters. The number of halogens is 4. The number of nitrogens with one attached hydrogen (secondary N) is 3. The molecule has 0 spiro atoms. The molecule has 19 heteroatoms. The van der Waals surface area contributed by atoms with Gasteiger partial charge in [-0.25, -0.2) is 22.6 Å². The number of hydrogen-bond acceptors (Lipinski definition) is 10. The summed E-state index contributed by atoms with van der Waals surface area (Å²) in [5.74, 6) is -3.24. The highest BCUT2D eigenvalue weighted by atomic mass is 32.2. The normalized spacial score (nSPS) is 29.1. The van der Waals surface area contributed by atoms with Crippen LogP contribution in [-0.4, -0.2) is 103 Å². The molecule has 14 nitrogen and oxygen atoms in total. The Morgan fingerprint density at radius 1 is 1.08 bits per heavy atom. The SMILES string of the molecule is COc1cnc(O[C@@H]2C[C@H]3C(=O)N[C@]4(C(=O)NS(=O)(=O)C5(CF)CC5)C[C@H]4/C=C\CC[C@@H](C)C[C@@H](C)[C@H](NC(=O)OC(C)(C)CC(F)(F)F)C(=O)N3C2)c2ccccc12. The van der Waals surface area contributed by atoms with E-state index in [9.17, 15) is 45.2 Å². The number of sulfonamides is 1. The third kappa shape index (κ3) is 9.54. The number of rotatable bonds is 10. The molecule has 4 aliphatic rings. The van der Waals surface area contributed by atoms with Crippen LogP contribution in [0.2, 0.25) is 0 Å². The van der Waals surface area contributed by atoms with E-state index in [0.29, 0.717) is 35.8 Å². The fraction of sp³-hybridized carbons (Fsp3) is 0.625. The van der Waals surface area contributed by atoms with Gasteiger partial charge in [-0.1, -0.05) is 44.2 Å². The summed E-state index contributed by atoms with van der Waals surface area (Å²) in [5.41, 5.74) is -3.73. The van der Waals surface area contributed by atoms with Gasteiger partial charge in [-0.15, -0.1) is 0 Å². The van der Waals surface area contributed by atoms with E-state index >= 15 is 0 Å². The van der Waals surface area contributed by atoms with E-state index in [4.69, 9.17) is 14.2 Å². The summed E-state index contributed by atoms with van der Waals surface area (Å²) in [6.07, 6.45) is -1.77. The molecule has 3 heterocycles. The van der Waals surface area contributed by atoms with Crippen molar-refractivity contribution in [1.29, 1.82) is 0 Å². The lowest BCUT2D eigenvalue weighted by Gasteiger charge is -2.34. The lowest BCUT2D eigenvalue weighted by atomic mass is 9.88. The van der Waals surface area contributed by atoms with Gasteiger partial charge in [0, 0.05) is 23.1 Å². The number of allylic oxidation sites excluding steroid dienone is 1. The predicted octanol–water partition coefficient (Wildman–Crippen LogP) is 5.25. The standard InChI is InChI=1S/C40H51F4N5O9S/c1-23-10-6-7-11-25-18-39(25,35(52)48-59(54,55)38(22-41)14-15-38)47-32(50)29-17-26(57-33-28-13-9-8-12-27(28)30(56-5)19-45-33)20-49(29)34(51)31(24(2)16-23)46-36(53)58-37(3,4)21-40(42,43)44/h7-9,11-13,19,23-26,29,31H,6,10,14-18,20-22H2,1-5H3,(H,46,53)(H,47,50)(H,48,52)/b11-7-/t23-,24-,25-,26-,29+,31+,39-/m1/s1. The zero-order valence-corrected chi connectivity index (χ0v) is 34.4. The molecule has 2 aliphatic carbocycles. The smallest absolute Gasteiger partial charge is 0.408 e. The first-order chi connectivity index (χ1) is 27.6. The highest BCUT2D eigenvalue weighted by Gasteiger charge is 2.64. The molecule has 3 fully saturated rings. The quantitative estimate of drug-likeness (QED) is 0.211. The van der Waals surface area contributed by atoms with Gasteiger partial charge in [0.25, 0.3) is 5.91 Å². The van der Waals surface area contributed by atoms with Crippen molar-refractivity contribution >= 4 is 44.6 Å². The lowest BCUT2D eigenvalue weighted by molar-refractivity contribution is -0.169. The van der Waals surface area contributed by atoms with Crippen molar-refractivity contribution in [2.45, 2.75) is 119 Å². The molecule has 0 unspecified atom stereocenters. The van der Waals surface area contributed by atoms with Crippen molar-refractivity contribution in [3.05, 3.63) is 42.6 Å². The van der Waals surface area contributed by atoms with E-state index in [0.717, 1.165) is 13.8 Å². The highest BCUT2D eigenvalue weighted by Crippen LogP contribution is 2.48. The summed E-state index contributed by atoms with van der Waals surface area (Å²) in [5, 5.41) is 6.49. The average molecular weight is 854 g/mol. The van der Waals surface area contributed by atoms with Crippen molar-refractivity contribution in [1.82, 2.24) is 25.2 Å². The summed E-state index contributed by atoms with van der Waals surface area (Å²) in [6.45, 7) is 4.44. The van der Waals surface area contributed by atoms with Crippen LogP contribution in [0.15, 0.2) is 42.6 Å². The topological polar surface area (TPSA) is 182 Å². The second-order valence-electron chi connectivity index (χ2n) is 17.1. The van der Waals surface area contributed by atoms with Gasteiger partial charge in [-0.2, -0.15) is 13.2 Å². The minimum absolute atomic E-state index is 0.0257. The zero-order valence-electron chi connectivity index (χ0n) is 33.6. The summed E-state index contributed by atoms with van der Waals surface area (Å²) in [4.78, 5) is 62.1. The molecule has 1 aromatic heterocycles. The first-order valence-electron chi connectivity index (χ1n) is 19.7. The number of benzene rings is 1. The molecular weight excluding hydrogens is 803 g/mol. The number of carbonyl (C=O) groups is 4. The van der Waals surface area contributed by atoms with Crippen LogP contribution in [0.5, 0.6) is 11.6 Å². The van der Waals surface area contributed by atoms with Crippen LogP contribution in [0.3, 0.4) is 0 Å². The average Bonchev–Trinajstić information content (AvgIpc) is 4.05. The summed E-state index contributed by atoms with van der Waals surface area (Å²) in [7, 11) is -2.97. The van der Waals surface area contributed by atoms with Gasteiger partial charge in [0.05, 0.1) is 26.3 Å². The first kappa shape index (κ1) is 43.9. The van der Waals surface area contributed by atoms with Crippen molar-refractivity contribution in [3.63, 3.8) is 0 Å². The summed E-state index contributed by atoms with van der Waals surface area (Å²) >= 11 is 0. The second-order valence-corrected chi connectivity index (χ2v) is 19.1. The Labute approximate surface area is 340 Å². The molecule has 3 N–H and O–H groups in total. The van der Waals surface area contributed by atoms with Crippen molar-refractivity contribution in [2.24, 2.45) is 17.8 Å². The third-order valence-corrected chi connectivity index (χ3v) is 13.9. The number of ether oxygens (including phenoxy) is 3. The van der Waals surface area contributed by atoms with Crippen LogP contribution >= 0.6 is 0 Å². The molecule has 2 saturated carbocycles. The predicted molar refractivity (Wildman–Crippen MR) is 206 cm³/mol. The monoisotopic (exact) mass is 853 g/mol. The molecule has 1 aromatic carbocycles. The van der Waals surface area contributed by atoms with Gasteiger partial charge in [-0.05, 0) is 70.3 Å². The summed E-state index contributed by atoms with van der Waals surface area (Å²) < 4.78 is 97.5. The van der Waals surface area contributed by atoms with E-state index in [2.05, 4.69) is 15.6 Å². The molecule has 4 amide bonds. The van der Waals surface area contributed by atoms with Crippen molar-refractivity contribution < 1.29 is 59.4 Å². The van der Waals surface area contributed by atoms with Crippen molar-refractivity contribution in [3.8, 4) is 11.6 Å². The fourth-order valence-electron chi connectivity index (χ4n) is 8.23. The maximum atomic E-state index is 14.8. The molecule has 324 valence electrons. The Morgan fingerprint density at radius 3 is 2.42 bits per heavy atom. The number of aromatic nitrogens is 1. The Balaban J connectivity index is 1.35. The van der Waals surface area contributed by atoms with Gasteiger partial charge in [-0.3, -0.25) is 19.1 Å². The maximum absolute atomic E-state index is 14.8. The second kappa shape index (κ2) is 16.4. The molecule has 59 heavy (non-hydrogen) atoms. The molecule has 1 saturated heterocycles. The van der Waals surface area contributed by atoms with Crippen LogP contribution in [0.25, 0.3) is 10.8 Å². The maximum Gasteiger partial charge on any atom is 0.408 e. The Bertz CT molecular complexity index is 2100. The van der Waals surface area contributed by atoms with Crippen molar-refractivity contribution in [2.75, 3.05) is 20.3 Å². The fourth-order valence-corrected chi connectivity index (χ4v) is 9.66. The van der Waals surface area contributed by atoms with Crippen LogP contribution in [0, 0.1) is 17.8 Å². The van der Waals surface area contributed by atoms with Gasteiger partial charge < -0.3 is 29.7 Å². The molecule has 2 aliphatic heterocycles. The van der Waals surface area contributed by atoms with Gasteiger partial charge >= 0.3 is 12.3 Å². The number of carbonyl (C=O) groups excluding carboxylic acids is 4. The number of fused-ring (bicyclic) bond motifs is 3. The number of nitrogens with zero attached hydrogens (tertiary/aromatic N) is 2. The Hall–Kier alpha value is -4.68. The van der Waals surface area contributed by atoms with E-state index in [-0.39, 0.29) is 44.0 Å².